The molecule has 1 aliphatic carbocycles. The maximum Gasteiger partial charge on any atom is 0.416 e. The molecule has 1 aliphatic heterocycles. The number of urea groups is 1. The van der Waals surface area contributed by atoms with E-state index in [4.69, 9.17) is 4.74 Å². The second-order valence-corrected chi connectivity index (χ2v) is 16.4. The molecule has 12 nitrogen and oxygen atoms in total. The molecule has 4 rings (SSSR count). The average Bonchev–Trinajstić information content (AvgIpc) is 3.07. The van der Waals surface area contributed by atoms with Crippen molar-refractivity contribution in [3.05, 3.63) is 53.6 Å². The van der Waals surface area contributed by atoms with E-state index in [1.165, 1.54) is 21.6 Å². The summed E-state index contributed by atoms with van der Waals surface area (Å²) in [5.74, 6) is -2.22. The molecule has 17 heteroatoms. The summed E-state index contributed by atoms with van der Waals surface area (Å²) in [6, 6.07) is 7.70. The van der Waals surface area contributed by atoms with Crippen molar-refractivity contribution in [1.82, 2.24) is 20.4 Å². The number of anilines is 1. The van der Waals surface area contributed by atoms with Crippen LogP contribution in [0.3, 0.4) is 0 Å². The van der Waals surface area contributed by atoms with Gasteiger partial charge in [0.2, 0.25) is 5.91 Å². The number of sulfone groups is 1. The SMILES string of the molecule is CSc1ccc(S(=O)(=O)C[C@H]2CCCC[C@@H]2NC(=O)CNC(=O)c2cc(C(F)(F)F)ccc2NC(=O)N2CCN(C(=O)OC(C)(C)C)CC2)cc1. The van der Waals surface area contributed by atoms with Crippen LogP contribution in [0, 0.1) is 5.92 Å². The van der Waals surface area contributed by atoms with Crippen LogP contribution in [-0.4, -0.2) is 98.5 Å². The summed E-state index contributed by atoms with van der Waals surface area (Å²) in [5, 5.41) is 7.63. The summed E-state index contributed by atoms with van der Waals surface area (Å²) in [4.78, 5) is 55.6. The van der Waals surface area contributed by atoms with Crippen LogP contribution in [0.2, 0.25) is 0 Å². The van der Waals surface area contributed by atoms with Crippen LogP contribution in [0.15, 0.2) is 52.3 Å². The number of nitrogens with zero attached hydrogens (tertiary/aromatic N) is 2. The van der Waals surface area contributed by atoms with E-state index in [0.717, 1.165) is 29.9 Å². The van der Waals surface area contributed by atoms with E-state index < -0.39 is 69.3 Å². The number of thioether (sulfide) groups is 1. The second kappa shape index (κ2) is 16.6. The van der Waals surface area contributed by atoms with E-state index in [1.807, 2.05) is 6.26 Å². The standard InChI is InChI=1S/C34H44F3N5O7S2/c1-33(2,3)49-32(46)42-17-15-41(16-18-42)31(45)40-28-14-9-23(34(35,36)37)19-26(28)30(44)38-20-29(43)39-27-8-6-5-7-22(27)21-51(47,48)25-12-10-24(50-4)11-13-25/h9-14,19,22,27H,5-8,15-18,20-21H2,1-4H3,(H,38,44)(H,39,43)(H,40,45)/t22-,27+/m1/s1. The van der Waals surface area contributed by atoms with Crippen LogP contribution in [-0.2, 0) is 25.5 Å². The highest BCUT2D eigenvalue weighted by atomic mass is 32.2. The highest BCUT2D eigenvalue weighted by Crippen LogP contribution is 2.32. The maximum atomic E-state index is 13.6. The summed E-state index contributed by atoms with van der Waals surface area (Å²) in [6.45, 7) is 5.15. The Morgan fingerprint density at radius 1 is 0.922 bits per heavy atom. The quantitative estimate of drug-likeness (QED) is 0.288. The minimum atomic E-state index is -4.79. The molecule has 0 radical (unpaired) electrons. The Balaban J connectivity index is 1.38. The van der Waals surface area contributed by atoms with Gasteiger partial charge in [-0.2, -0.15) is 13.2 Å². The molecule has 1 heterocycles. The fraction of sp³-hybridized carbons (Fsp3) is 0.529. The molecule has 0 spiro atoms. The number of hydrogen-bond acceptors (Lipinski definition) is 8. The third kappa shape index (κ3) is 11.2. The predicted octanol–water partition coefficient (Wildman–Crippen LogP) is 5.39. The number of halogens is 3. The predicted molar refractivity (Wildman–Crippen MR) is 186 cm³/mol. The zero-order chi connectivity index (χ0) is 37.6. The number of hydrogen-bond donors (Lipinski definition) is 3. The molecule has 0 aromatic heterocycles. The third-order valence-electron chi connectivity index (χ3n) is 8.57. The Morgan fingerprint density at radius 2 is 1.55 bits per heavy atom. The van der Waals surface area contributed by atoms with Gasteiger partial charge in [-0.15, -0.1) is 11.8 Å². The Kier molecular flexibility index (Phi) is 12.9. The first-order valence-corrected chi connectivity index (χ1v) is 19.4. The molecule has 5 amide bonds. The third-order valence-corrected chi connectivity index (χ3v) is 11.2. The van der Waals surface area contributed by atoms with Gasteiger partial charge in [-0.05, 0) is 88.3 Å². The molecule has 3 N–H and O–H groups in total. The lowest BCUT2D eigenvalue weighted by Crippen LogP contribution is -2.52. The molecule has 2 fully saturated rings. The van der Waals surface area contributed by atoms with Gasteiger partial charge >= 0.3 is 18.3 Å². The normalized spacial score (nSPS) is 18.5. The van der Waals surface area contributed by atoms with E-state index >= 15 is 0 Å². The van der Waals surface area contributed by atoms with Crippen molar-refractivity contribution in [2.45, 2.75) is 74.1 Å². The fourth-order valence-corrected chi connectivity index (χ4v) is 8.02. The smallest absolute Gasteiger partial charge is 0.416 e. The zero-order valence-corrected chi connectivity index (χ0v) is 30.6. The van der Waals surface area contributed by atoms with Crippen molar-refractivity contribution in [2.75, 3.05) is 50.0 Å². The van der Waals surface area contributed by atoms with Gasteiger partial charge in [0.1, 0.15) is 5.60 Å². The van der Waals surface area contributed by atoms with Crippen molar-refractivity contribution >= 4 is 51.2 Å². The van der Waals surface area contributed by atoms with E-state index in [9.17, 15) is 40.8 Å². The van der Waals surface area contributed by atoms with Gasteiger partial charge in [0.15, 0.2) is 9.84 Å². The lowest BCUT2D eigenvalue weighted by Gasteiger charge is -2.35. The van der Waals surface area contributed by atoms with Crippen LogP contribution < -0.4 is 16.0 Å². The van der Waals surface area contributed by atoms with Gasteiger partial charge in [0, 0.05) is 37.1 Å². The van der Waals surface area contributed by atoms with Gasteiger partial charge in [0.05, 0.1) is 34.0 Å². The summed E-state index contributed by atoms with van der Waals surface area (Å²) in [5.41, 5.74) is -2.54. The first-order valence-electron chi connectivity index (χ1n) is 16.6. The number of benzene rings is 2. The highest BCUT2D eigenvalue weighted by molar-refractivity contribution is 7.98. The molecule has 0 bridgehead atoms. The molecule has 1 saturated carbocycles. The van der Waals surface area contributed by atoms with Gasteiger partial charge in [-0.25, -0.2) is 18.0 Å². The Hall–Kier alpha value is -3.99. The Bertz CT molecular complexity index is 1690. The number of amides is 5. The number of alkyl halides is 3. The second-order valence-electron chi connectivity index (χ2n) is 13.5. The number of nitrogens with one attached hydrogen (secondary N) is 3. The lowest BCUT2D eigenvalue weighted by molar-refractivity contribution is -0.137. The first-order chi connectivity index (χ1) is 23.9. The molecule has 2 aromatic rings. The van der Waals surface area contributed by atoms with E-state index in [1.54, 1.807) is 45.0 Å². The van der Waals surface area contributed by atoms with Crippen LogP contribution in [0.4, 0.5) is 28.4 Å². The minimum absolute atomic E-state index is 0.112. The van der Waals surface area contributed by atoms with E-state index in [0.29, 0.717) is 18.9 Å². The number of piperazine rings is 1. The minimum Gasteiger partial charge on any atom is -0.444 e. The molecule has 1 saturated heterocycles. The van der Waals surface area contributed by atoms with Gasteiger partial charge in [-0.3, -0.25) is 9.59 Å². The number of carbonyl (C=O) groups is 4. The lowest BCUT2D eigenvalue weighted by atomic mass is 9.86. The molecule has 280 valence electrons. The molecule has 2 aromatic carbocycles. The number of ether oxygens (including phenoxy) is 1. The van der Waals surface area contributed by atoms with Crippen LogP contribution in [0.5, 0.6) is 0 Å². The summed E-state index contributed by atoms with van der Waals surface area (Å²) < 4.78 is 72.6. The molecule has 51 heavy (non-hydrogen) atoms. The highest BCUT2D eigenvalue weighted by Gasteiger charge is 2.34. The van der Waals surface area contributed by atoms with Crippen LogP contribution in [0.1, 0.15) is 62.4 Å². The average molecular weight is 756 g/mol. The van der Waals surface area contributed by atoms with E-state index in [-0.39, 0.29) is 48.4 Å². The molecular weight excluding hydrogens is 712 g/mol. The van der Waals surface area contributed by atoms with Crippen LogP contribution in [0.25, 0.3) is 0 Å². The van der Waals surface area contributed by atoms with Crippen molar-refractivity contribution in [3.63, 3.8) is 0 Å². The molecule has 2 aliphatic rings. The first kappa shape index (κ1) is 39.8. The maximum absolute atomic E-state index is 13.6. The summed E-state index contributed by atoms with van der Waals surface area (Å²) in [7, 11) is -3.65. The van der Waals surface area contributed by atoms with E-state index in [2.05, 4.69) is 16.0 Å². The Morgan fingerprint density at radius 3 is 2.16 bits per heavy atom. The summed E-state index contributed by atoms with van der Waals surface area (Å²) in [6.07, 6.45) is -0.783. The Labute approximate surface area is 300 Å². The zero-order valence-electron chi connectivity index (χ0n) is 29.0. The largest absolute Gasteiger partial charge is 0.444 e. The molecule has 0 unspecified atom stereocenters. The molecule has 2 atom stereocenters. The fourth-order valence-electron chi connectivity index (χ4n) is 5.90. The number of carbonyl (C=O) groups excluding carboxylic acids is 4. The monoisotopic (exact) mass is 755 g/mol. The van der Waals surface area contributed by atoms with Crippen molar-refractivity contribution in [1.29, 1.82) is 0 Å². The van der Waals surface area contributed by atoms with Crippen molar-refractivity contribution in [3.8, 4) is 0 Å². The summed E-state index contributed by atoms with van der Waals surface area (Å²) >= 11 is 1.49. The van der Waals surface area contributed by atoms with Crippen LogP contribution >= 0.6 is 11.8 Å². The topological polar surface area (TPSA) is 154 Å². The van der Waals surface area contributed by atoms with Gasteiger partial charge in [0.25, 0.3) is 5.91 Å². The van der Waals surface area contributed by atoms with Crippen molar-refractivity contribution in [2.24, 2.45) is 5.92 Å². The van der Waals surface area contributed by atoms with Gasteiger partial charge in [-0.1, -0.05) is 12.8 Å². The van der Waals surface area contributed by atoms with Gasteiger partial charge < -0.3 is 30.5 Å². The van der Waals surface area contributed by atoms with Crippen molar-refractivity contribution < 1.29 is 45.5 Å². The molecular formula is C34H44F3N5O7S2. The number of rotatable bonds is 9.